The predicted molar refractivity (Wildman–Crippen MR) is 88.1 cm³/mol. The summed E-state index contributed by atoms with van der Waals surface area (Å²) in [5.41, 5.74) is 1.63. The minimum absolute atomic E-state index is 0.0312. The highest BCUT2D eigenvalue weighted by Crippen LogP contribution is 2.37. The molecule has 0 aliphatic carbocycles. The molecule has 0 saturated carbocycles. The van der Waals surface area contributed by atoms with E-state index in [0.717, 1.165) is 23.3 Å². The van der Waals surface area contributed by atoms with E-state index in [2.05, 4.69) is 15.3 Å². The predicted octanol–water partition coefficient (Wildman–Crippen LogP) is 2.61. The highest BCUT2D eigenvalue weighted by Gasteiger charge is 2.28. The van der Waals surface area contributed by atoms with E-state index < -0.39 is 5.41 Å². The largest absolute Gasteiger partial charge is 0.487 e. The van der Waals surface area contributed by atoms with Gasteiger partial charge in [0.05, 0.1) is 12.1 Å². The third-order valence-electron chi connectivity index (χ3n) is 3.81. The standard InChI is InChI=1S/C18H21N3O2/c1-18(2,3)17(22)21-11-13-10-12-6-4-7-14(15(12)23-13)16-19-8-5-9-20-16/h4-9,13H,10-11H2,1-3H3,(H,21,22)/t13-/m0/s1. The van der Waals surface area contributed by atoms with E-state index in [1.807, 2.05) is 39.0 Å². The molecule has 0 fully saturated rings. The number of aromatic nitrogens is 2. The summed E-state index contributed by atoms with van der Waals surface area (Å²) in [6.07, 6.45) is 4.16. The van der Waals surface area contributed by atoms with Gasteiger partial charge in [0, 0.05) is 24.2 Å². The molecule has 0 bridgehead atoms. The van der Waals surface area contributed by atoms with Crippen molar-refractivity contribution in [1.29, 1.82) is 0 Å². The summed E-state index contributed by atoms with van der Waals surface area (Å²) in [4.78, 5) is 20.6. The van der Waals surface area contributed by atoms with E-state index in [0.29, 0.717) is 12.4 Å². The third kappa shape index (κ3) is 3.33. The van der Waals surface area contributed by atoms with Gasteiger partial charge >= 0.3 is 0 Å². The average molecular weight is 311 g/mol. The molecule has 1 aromatic carbocycles. The lowest BCUT2D eigenvalue weighted by molar-refractivity contribution is -0.128. The van der Waals surface area contributed by atoms with Crippen molar-refractivity contribution in [2.45, 2.75) is 33.3 Å². The molecule has 2 aromatic rings. The van der Waals surface area contributed by atoms with Gasteiger partial charge < -0.3 is 10.1 Å². The number of fused-ring (bicyclic) bond motifs is 1. The van der Waals surface area contributed by atoms with Crippen molar-refractivity contribution in [1.82, 2.24) is 15.3 Å². The number of amides is 1. The average Bonchev–Trinajstić information content (AvgIpc) is 2.95. The second kappa shape index (κ2) is 5.99. The first-order valence-electron chi connectivity index (χ1n) is 7.79. The van der Waals surface area contributed by atoms with Gasteiger partial charge in [-0.2, -0.15) is 0 Å². The minimum atomic E-state index is -0.394. The number of hydrogen-bond acceptors (Lipinski definition) is 4. The lowest BCUT2D eigenvalue weighted by atomic mass is 9.95. The van der Waals surface area contributed by atoms with Gasteiger partial charge in [-0.05, 0) is 17.7 Å². The number of hydrogen-bond donors (Lipinski definition) is 1. The smallest absolute Gasteiger partial charge is 0.225 e. The van der Waals surface area contributed by atoms with Gasteiger partial charge in [0.2, 0.25) is 5.91 Å². The number of nitrogens with one attached hydrogen (secondary N) is 1. The van der Waals surface area contributed by atoms with E-state index in [-0.39, 0.29) is 12.0 Å². The number of carbonyl (C=O) groups is 1. The molecule has 0 saturated heterocycles. The molecule has 0 spiro atoms. The zero-order chi connectivity index (χ0) is 16.4. The van der Waals surface area contributed by atoms with Crippen molar-refractivity contribution in [2.75, 3.05) is 6.54 Å². The number of para-hydroxylation sites is 1. The summed E-state index contributed by atoms with van der Waals surface area (Å²) < 4.78 is 6.06. The Labute approximate surface area is 136 Å². The Balaban J connectivity index is 1.73. The quantitative estimate of drug-likeness (QED) is 0.946. The van der Waals surface area contributed by atoms with Crippen LogP contribution in [0.25, 0.3) is 11.4 Å². The number of carbonyl (C=O) groups excluding carboxylic acids is 1. The SMILES string of the molecule is CC(C)(C)C(=O)NC[C@@H]1Cc2cccc(-c3ncccn3)c2O1. The van der Waals surface area contributed by atoms with Gasteiger partial charge in [-0.3, -0.25) is 4.79 Å². The fraction of sp³-hybridized carbons (Fsp3) is 0.389. The van der Waals surface area contributed by atoms with Crippen LogP contribution >= 0.6 is 0 Å². The third-order valence-corrected chi connectivity index (χ3v) is 3.81. The van der Waals surface area contributed by atoms with Gasteiger partial charge in [-0.15, -0.1) is 0 Å². The molecule has 1 N–H and O–H groups in total. The van der Waals surface area contributed by atoms with E-state index in [4.69, 9.17) is 4.74 Å². The summed E-state index contributed by atoms with van der Waals surface area (Å²) in [6, 6.07) is 7.79. The lowest BCUT2D eigenvalue weighted by Crippen LogP contribution is -2.40. The Morgan fingerprint density at radius 3 is 2.70 bits per heavy atom. The summed E-state index contributed by atoms with van der Waals surface area (Å²) in [6.45, 7) is 6.20. The van der Waals surface area contributed by atoms with Gasteiger partial charge in [0.1, 0.15) is 11.9 Å². The molecule has 1 amide bonds. The molecule has 1 atom stereocenters. The van der Waals surface area contributed by atoms with Crippen molar-refractivity contribution in [3.8, 4) is 17.1 Å². The molecule has 1 aliphatic heterocycles. The molecular weight excluding hydrogens is 290 g/mol. The molecule has 1 aliphatic rings. The Morgan fingerprint density at radius 1 is 1.26 bits per heavy atom. The molecule has 5 nitrogen and oxygen atoms in total. The highest BCUT2D eigenvalue weighted by atomic mass is 16.5. The van der Waals surface area contributed by atoms with Crippen molar-refractivity contribution >= 4 is 5.91 Å². The van der Waals surface area contributed by atoms with Gasteiger partial charge in [0.15, 0.2) is 5.82 Å². The molecule has 5 heteroatoms. The molecule has 2 heterocycles. The minimum Gasteiger partial charge on any atom is -0.487 e. The van der Waals surface area contributed by atoms with Crippen molar-refractivity contribution in [3.05, 3.63) is 42.2 Å². The Morgan fingerprint density at radius 2 is 2.00 bits per heavy atom. The first-order chi connectivity index (χ1) is 10.9. The fourth-order valence-electron chi connectivity index (χ4n) is 2.54. The molecule has 1 aromatic heterocycles. The summed E-state index contributed by atoms with van der Waals surface area (Å²) in [7, 11) is 0. The van der Waals surface area contributed by atoms with E-state index in [1.54, 1.807) is 18.5 Å². The van der Waals surface area contributed by atoms with Gasteiger partial charge in [0.25, 0.3) is 0 Å². The zero-order valence-electron chi connectivity index (χ0n) is 13.7. The molecule has 0 unspecified atom stereocenters. The van der Waals surface area contributed by atoms with Gasteiger partial charge in [-0.1, -0.05) is 32.9 Å². The number of nitrogens with zero attached hydrogens (tertiary/aromatic N) is 2. The van der Waals surface area contributed by atoms with Crippen molar-refractivity contribution in [2.24, 2.45) is 5.41 Å². The van der Waals surface area contributed by atoms with Crippen LogP contribution in [0.15, 0.2) is 36.7 Å². The molecule has 0 radical (unpaired) electrons. The van der Waals surface area contributed by atoms with Crippen LogP contribution in [0, 0.1) is 5.41 Å². The molecule has 3 rings (SSSR count). The second-order valence-electron chi connectivity index (χ2n) is 6.77. The maximum absolute atomic E-state index is 12.0. The lowest BCUT2D eigenvalue weighted by Gasteiger charge is -2.19. The molecule has 120 valence electrons. The van der Waals surface area contributed by atoms with Crippen LogP contribution in [-0.4, -0.2) is 28.5 Å². The van der Waals surface area contributed by atoms with Crippen LogP contribution in [0.1, 0.15) is 26.3 Å². The van der Waals surface area contributed by atoms with E-state index in [9.17, 15) is 4.79 Å². The number of ether oxygens (including phenoxy) is 1. The summed E-state index contributed by atoms with van der Waals surface area (Å²) >= 11 is 0. The normalized spacial score (nSPS) is 16.6. The van der Waals surface area contributed by atoms with E-state index >= 15 is 0 Å². The van der Waals surface area contributed by atoms with Crippen molar-refractivity contribution in [3.63, 3.8) is 0 Å². The summed E-state index contributed by atoms with van der Waals surface area (Å²) in [5.74, 6) is 1.51. The number of benzene rings is 1. The highest BCUT2D eigenvalue weighted by molar-refractivity contribution is 5.81. The Hall–Kier alpha value is -2.43. The maximum atomic E-state index is 12.0. The molecular formula is C18H21N3O2. The van der Waals surface area contributed by atoms with Crippen LogP contribution in [0.5, 0.6) is 5.75 Å². The van der Waals surface area contributed by atoms with Crippen LogP contribution in [0.4, 0.5) is 0 Å². The van der Waals surface area contributed by atoms with Crippen LogP contribution < -0.4 is 10.1 Å². The first kappa shape index (κ1) is 15.5. The Kier molecular flexibility index (Phi) is 4.03. The van der Waals surface area contributed by atoms with Crippen molar-refractivity contribution < 1.29 is 9.53 Å². The van der Waals surface area contributed by atoms with Gasteiger partial charge in [-0.25, -0.2) is 9.97 Å². The molecule has 23 heavy (non-hydrogen) atoms. The maximum Gasteiger partial charge on any atom is 0.225 e. The summed E-state index contributed by atoms with van der Waals surface area (Å²) in [5, 5.41) is 2.96. The monoisotopic (exact) mass is 311 g/mol. The van der Waals surface area contributed by atoms with Crippen LogP contribution in [-0.2, 0) is 11.2 Å². The second-order valence-corrected chi connectivity index (χ2v) is 6.77. The fourth-order valence-corrected chi connectivity index (χ4v) is 2.54. The topological polar surface area (TPSA) is 64.1 Å². The van der Waals surface area contributed by atoms with E-state index in [1.165, 1.54) is 0 Å². The number of rotatable bonds is 3. The van der Waals surface area contributed by atoms with Crippen LogP contribution in [0.3, 0.4) is 0 Å². The zero-order valence-corrected chi connectivity index (χ0v) is 13.7. The first-order valence-corrected chi connectivity index (χ1v) is 7.79. The Bertz CT molecular complexity index is 708. The van der Waals surface area contributed by atoms with Crippen LogP contribution in [0.2, 0.25) is 0 Å².